The minimum absolute atomic E-state index is 0.00394. The topological polar surface area (TPSA) is 90.9 Å². The molecular weight excluding hydrogens is 266 g/mol. The van der Waals surface area contributed by atoms with Gasteiger partial charge in [-0.3, -0.25) is 9.59 Å². The van der Waals surface area contributed by atoms with Gasteiger partial charge < -0.3 is 19.5 Å². The van der Waals surface area contributed by atoms with Crippen molar-refractivity contribution in [3.63, 3.8) is 0 Å². The van der Waals surface area contributed by atoms with Crippen molar-refractivity contribution in [1.29, 1.82) is 0 Å². The van der Waals surface area contributed by atoms with E-state index >= 15 is 0 Å². The van der Waals surface area contributed by atoms with Gasteiger partial charge in [0.25, 0.3) is 5.91 Å². The standard InChI is InChI=1S/C13H17NO6/c1-4-19-11(16)6-8(13(17)20-5-2)12-9(18-3)7-10(15)14-12/h7H,4-6H2,1-3H3,(H,14,15)/b12-8-. The highest BCUT2D eigenvalue weighted by molar-refractivity contribution is 6.00. The predicted octanol–water partition coefficient (Wildman–Crippen LogP) is 0.417. The Bertz CT molecular complexity index is 477. The smallest absolute Gasteiger partial charge is 0.336 e. The molecule has 1 heterocycles. The lowest BCUT2D eigenvalue weighted by Gasteiger charge is -2.12. The maximum Gasteiger partial charge on any atom is 0.336 e. The van der Waals surface area contributed by atoms with Crippen LogP contribution in [-0.2, 0) is 28.6 Å². The summed E-state index contributed by atoms with van der Waals surface area (Å²) in [7, 11) is 1.36. The van der Waals surface area contributed by atoms with Gasteiger partial charge in [-0.05, 0) is 13.8 Å². The summed E-state index contributed by atoms with van der Waals surface area (Å²) in [5.41, 5.74) is 0.147. The number of esters is 2. The molecule has 1 rings (SSSR count). The zero-order valence-corrected chi connectivity index (χ0v) is 11.6. The molecule has 0 spiro atoms. The van der Waals surface area contributed by atoms with Crippen molar-refractivity contribution in [2.24, 2.45) is 0 Å². The Kier molecular flexibility index (Phi) is 5.76. The first-order valence-electron chi connectivity index (χ1n) is 6.16. The Morgan fingerprint density at radius 2 is 1.85 bits per heavy atom. The van der Waals surface area contributed by atoms with Gasteiger partial charge in [0.1, 0.15) is 5.76 Å². The zero-order chi connectivity index (χ0) is 15.1. The summed E-state index contributed by atoms with van der Waals surface area (Å²) in [4.78, 5) is 34.8. The molecule has 0 aliphatic carbocycles. The summed E-state index contributed by atoms with van der Waals surface area (Å²) in [6, 6.07) is 0. The minimum Gasteiger partial charge on any atom is -0.494 e. The summed E-state index contributed by atoms with van der Waals surface area (Å²) < 4.78 is 14.7. The maximum atomic E-state index is 11.9. The molecule has 1 N–H and O–H groups in total. The third kappa shape index (κ3) is 3.84. The van der Waals surface area contributed by atoms with Crippen LogP contribution in [0.15, 0.2) is 23.1 Å². The Morgan fingerprint density at radius 3 is 2.40 bits per heavy atom. The van der Waals surface area contributed by atoms with Crippen molar-refractivity contribution < 1.29 is 28.6 Å². The van der Waals surface area contributed by atoms with Crippen LogP contribution in [0.3, 0.4) is 0 Å². The predicted molar refractivity (Wildman–Crippen MR) is 68.1 cm³/mol. The van der Waals surface area contributed by atoms with Crippen LogP contribution in [0.25, 0.3) is 0 Å². The molecule has 1 aliphatic heterocycles. The number of amides is 1. The third-order valence-corrected chi connectivity index (χ3v) is 2.43. The summed E-state index contributed by atoms with van der Waals surface area (Å²) in [6.45, 7) is 3.65. The van der Waals surface area contributed by atoms with Crippen molar-refractivity contribution in [3.05, 3.63) is 23.1 Å². The van der Waals surface area contributed by atoms with Crippen LogP contribution in [0, 0.1) is 0 Å². The van der Waals surface area contributed by atoms with E-state index in [9.17, 15) is 14.4 Å². The van der Waals surface area contributed by atoms with E-state index in [1.165, 1.54) is 13.2 Å². The van der Waals surface area contributed by atoms with Gasteiger partial charge >= 0.3 is 11.9 Å². The number of nitrogens with one attached hydrogen (secondary N) is 1. The molecule has 7 heteroatoms. The van der Waals surface area contributed by atoms with Gasteiger partial charge in [-0.2, -0.15) is 0 Å². The van der Waals surface area contributed by atoms with Crippen LogP contribution < -0.4 is 5.32 Å². The molecule has 0 unspecified atom stereocenters. The van der Waals surface area contributed by atoms with Gasteiger partial charge in [0, 0.05) is 6.08 Å². The lowest BCUT2D eigenvalue weighted by atomic mass is 10.1. The summed E-state index contributed by atoms with van der Waals surface area (Å²) in [5, 5.41) is 2.46. The first-order chi connectivity index (χ1) is 9.53. The number of hydrogen-bond acceptors (Lipinski definition) is 6. The van der Waals surface area contributed by atoms with E-state index in [0.29, 0.717) is 0 Å². The molecule has 0 atom stereocenters. The molecule has 0 saturated carbocycles. The highest BCUT2D eigenvalue weighted by atomic mass is 16.5. The number of ether oxygens (including phenoxy) is 3. The molecule has 0 bridgehead atoms. The second-order valence-electron chi connectivity index (χ2n) is 3.76. The fraction of sp³-hybridized carbons (Fsp3) is 0.462. The van der Waals surface area contributed by atoms with Crippen molar-refractivity contribution in [3.8, 4) is 0 Å². The molecule has 0 saturated heterocycles. The number of hydrogen-bond donors (Lipinski definition) is 1. The van der Waals surface area contributed by atoms with Crippen LogP contribution in [0.5, 0.6) is 0 Å². The summed E-state index contributed by atoms with van der Waals surface area (Å²) in [5.74, 6) is -1.52. The quantitative estimate of drug-likeness (QED) is 0.561. The van der Waals surface area contributed by atoms with Crippen LogP contribution in [0.4, 0.5) is 0 Å². The molecule has 0 aromatic rings. The number of carbonyl (C=O) groups excluding carboxylic acids is 3. The highest BCUT2D eigenvalue weighted by Gasteiger charge is 2.28. The molecule has 1 aliphatic rings. The van der Waals surface area contributed by atoms with E-state index in [1.807, 2.05) is 0 Å². The SMILES string of the molecule is CCOC(=O)C/C(C(=O)OCC)=C1/NC(=O)C=C1OC. The number of methoxy groups -OCH3 is 1. The molecule has 1 amide bonds. The molecule has 110 valence electrons. The average Bonchev–Trinajstić information content (AvgIpc) is 2.77. The van der Waals surface area contributed by atoms with Gasteiger partial charge in [0.15, 0.2) is 0 Å². The molecule has 0 radical (unpaired) electrons. The summed E-state index contributed by atoms with van der Waals surface area (Å²) >= 11 is 0. The van der Waals surface area contributed by atoms with Crippen LogP contribution >= 0.6 is 0 Å². The van der Waals surface area contributed by atoms with E-state index in [0.717, 1.165) is 0 Å². The van der Waals surface area contributed by atoms with Gasteiger partial charge in [-0.1, -0.05) is 0 Å². The lowest BCUT2D eigenvalue weighted by molar-refractivity contribution is -0.145. The molecule has 0 aromatic heterocycles. The number of rotatable bonds is 6. The van der Waals surface area contributed by atoms with Crippen LogP contribution in [0.2, 0.25) is 0 Å². The molecule has 7 nitrogen and oxygen atoms in total. The Labute approximate surface area is 116 Å². The second-order valence-corrected chi connectivity index (χ2v) is 3.76. The molecule has 0 fully saturated rings. The van der Waals surface area contributed by atoms with Gasteiger partial charge in [0.2, 0.25) is 0 Å². The van der Waals surface area contributed by atoms with Crippen molar-refractivity contribution in [2.45, 2.75) is 20.3 Å². The van der Waals surface area contributed by atoms with E-state index in [1.54, 1.807) is 13.8 Å². The Hall–Kier alpha value is -2.31. The average molecular weight is 283 g/mol. The van der Waals surface area contributed by atoms with Gasteiger partial charge in [-0.15, -0.1) is 0 Å². The third-order valence-electron chi connectivity index (χ3n) is 2.43. The molecule has 20 heavy (non-hydrogen) atoms. The molecule has 0 aromatic carbocycles. The summed E-state index contributed by atoms with van der Waals surface area (Å²) in [6.07, 6.45) is 0.892. The zero-order valence-electron chi connectivity index (χ0n) is 11.6. The largest absolute Gasteiger partial charge is 0.494 e. The fourth-order valence-electron chi connectivity index (χ4n) is 1.63. The first-order valence-corrected chi connectivity index (χ1v) is 6.16. The first kappa shape index (κ1) is 15.7. The Morgan fingerprint density at radius 1 is 1.20 bits per heavy atom. The minimum atomic E-state index is -0.694. The van der Waals surface area contributed by atoms with E-state index in [-0.39, 0.29) is 36.7 Å². The highest BCUT2D eigenvalue weighted by Crippen LogP contribution is 2.22. The second kappa shape index (κ2) is 7.32. The van der Waals surface area contributed by atoms with Crippen molar-refractivity contribution in [2.75, 3.05) is 20.3 Å². The lowest BCUT2D eigenvalue weighted by Crippen LogP contribution is -2.22. The molecular formula is C13H17NO6. The maximum absolute atomic E-state index is 11.9. The monoisotopic (exact) mass is 283 g/mol. The van der Waals surface area contributed by atoms with Crippen LogP contribution in [0.1, 0.15) is 20.3 Å². The van der Waals surface area contributed by atoms with E-state index in [4.69, 9.17) is 14.2 Å². The van der Waals surface area contributed by atoms with Crippen molar-refractivity contribution >= 4 is 17.8 Å². The van der Waals surface area contributed by atoms with E-state index < -0.39 is 17.8 Å². The van der Waals surface area contributed by atoms with Crippen LogP contribution in [-0.4, -0.2) is 38.2 Å². The fourth-order valence-corrected chi connectivity index (χ4v) is 1.63. The van der Waals surface area contributed by atoms with Crippen molar-refractivity contribution in [1.82, 2.24) is 5.32 Å². The Balaban J connectivity index is 3.09. The van der Waals surface area contributed by atoms with E-state index in [2.05, 4.69) is 5.32 Å². The number of carbonyl (C=O) groups is 3. The van der Waals surface area contributed by atoms with Gasteiger partial charge in [-0.25, -0.2) is 4.79 Å². The normalized spacial score (nSPS) is 16.1. The van der Waals surface area contributed by atoms with Gasteiger partial charge in [0.05, 0.1) is 38.0 Å².